The fraction of sp³-hybridized carbons (Fsp3) is 0.429. The van der Waals surface area contributed by atoms with Crippen LogP contribution in [0.2, 0.25) is 0 Å². The first-order chi connectivity index (χ1) is 9.63. The van der Waals surface area contributed by atoms with Gasteiger partial charge in [0, 0.05) is 0 Å². The lowest BCUT2D eigenvalue weighted by Gasteiger charge is -2.14. The van der Waals surface area contributed by atoms with E-state index >= 15 is 0 Å². The van der Waals surface area contributed by atoms with Crippen LogP contribution in [0.4, 0.5) is 5.69 Å². The highest BCUT2D eigenvalue weighted by Crippen LogP contribution is 2.22. The molecule has 1 aromatic carbocycles. The molecule has 0 radical (unpaired) electrons. The molecule has 0 amide bonds. The highest BCUT2D eigenvalue weighted by Gasteiger charge is 2.30. The minimum atomic E-state index is -1.09. The van der Waals surface area contributed by atoms with Gasteiger partial charge in [0.1, 0.15) is 5.69 Å². The molecular weight excluding hydrogens is 262 g/mol. The quantitative estimate of drug-likeness (QED) is 0.434. The Balaban J connectivity index is 2.96. The van der Waals surface area contributed by atoms with E-state index in [0.717, 1.165) is 0 Å². The first-order valence-corrected chi connectivity index (χ1v) is 6.38. The van der Waals surface area contributed by atoms with Gasteiger partial charge in [0.15, 0.2) is 5.92 Å². The number of carbonyl (C=O) groups excluding carboxylic acids is 2. The van der Waals surface area contributed by atoms with Crippen molar-refractivity contribution in [1.29, 1.82) is 0 Å². The Morgan fingerprint density at radius 1 is 1.10 bits per heavy atom. The first-order valence-electron chi connectivity index (χ1n) is 6.38. The van der Waals surface area contributed by atoms with Crippen LogP contribution in [0, 0.1) is 10.8 Å². The highest BCUT2D eigenvalue weighted by molar-refractivity contribution is 5.95. The van der Waals surface area contributed by atoms with Crippen molar-refractivity contribution in [3.63, 3.8) is 0 Å². The standard InChI is InChI=1S/C14H17NO5/c1-3-19-13(16)11(14(17)20-4-2)9-10-7-5-6-8-12(10)15-18/h5-8,11H,3-4,9H2,1-2H3. The van der Waals surface area contributed by atoms with Crippen LogP contribution in [0.25, 0.3) is 0 Å². The van der Waals surface area contributed by atoms with E-state index in [9.17, 15) is 14.5 Å². The summed E-state index contributed by atoms with van der Waals surface area (Å²) in [5, 5.41) is 2.88. The molecule has 108 valence electrons. The van der Waals surface area contributed by atoms with Crippen LogP contribution in [-0.4, -0.2) is 25.2 Å². The van der Waals surface area contributed by atoms with Gasteiger partial charge in [0.05, 0.1) is 13.2 Å². The van der Waals surface area contributed by atoms with E-state index in [-0.39, 0.29) is 25.3 Å². The highest BCUT2D eigenvalue weighted by atomic mass is 16.6. The lowest BCUT2D eigenvalue weighted by Crippen LogP contribution is -2.30. The SMILES string of the molecule is CCOC(=O)C(Cc1ccccc1N=O)C(=O)OCC. The van der Waals surface area contributed by atoms with Crippen molar-refractivity contribution >= 4 is 17.6 Å². The second kappa shape index (κ2) is 8.04. The van der Waals surface area contributed by atoms with Crippen molar-refractivity contribution < 1.29 is 19.1 Å². The summed E-state index contributed by atoms with van der Waals surface area (Å²) in [6.45, 7) is 3.65. The number of hydrogen-bond acceptors (Lipinski definition) is 6. The molecule has 0 aromatic heterocycles. The van der Waals surface area contributed by atoms with E-state index < -0.39 is 17.9 Å². The normalized spacial score (nSPS) is 10.2. The number of nitroso groups, excluding NO2 is 1. The molecule has 1 aromatic rings. The summed E-state index contributed by atoms with van der Waals surface area (Å²) in [5.74, 6) is -2.41. The van der Waals surface area contributed by atoms with Crippen LogP contribution in [0.5, 0.6) is 0 Å². The number of rotatable bonds is 7. The zero-order valence-electron chi connectivity index (χ0n) is 11.5. The molecule has 0 saturated heterocycles. The van der Waals surface area contributed by atoms with E-state index in [1.54, 1.807) is 32.0 Å². The second-order valence-electron chi connectivity index (χ2n) is 3.98. The zero-order valence-corrected chi connectivity index (χ0v) is 11.5. The van der Waals surface area contributed by atoms with Gasteiger partial charge in [-0.1, -0.05) is 18.2 Å². The van der Waals surface area contributed by atoms with Crippen molar-refractivity contribution in [3.8, 4) is 0 Å². The lowest BCUT2D eigenvalue weighted by molar-refractivity contribution is -0.161. The van der Waals surface area contributed by atoms with E-state index in [2.05, 4.69) is 5.18 Å². The van der Waals surface area contributed by atoms with Crippen LogP contribution in [0.1, 0.15) is 19.4 Å². The van der Waals surface area contributed by atoms with E-state index in [4.69, 9.17) is 9.47 Å². The van der Waals surface area contributed by atoms with Crippen LogP contribution < -0.4 is 0 Å². The molecule has 20 heavy (non-hydrogen) atoms. The minimum absolute atomic E-state index is 0.0274. The predicted molar refractivity (Wildman–Crippen MR) is 72.4 cm³/mol. The molecule has 0 heterocycles. The van der Waals surface area contributed by atoms with Crippen molar-refractivity contribution in [3.05, 3.63) is 34.7 Å². The van der Waals surface area contributed by atoms with Gasteiger partial charge >= 0.3 is 11.9 Å². The van der Waals surface area contributed by atoms with Crippen LogP contribution >= 0.6 is 0 Å². The number of esters is 2. The fourth-order valence-corrected chi connectivity index (χ4v) is 1.74. The smallest absolute Gasteiger partial charge is 0.320 e. The van der Waals surface area contributed by atoms with Gasteiger partial charge in [0.2, 0.25) is 0 Å². The first kappa shape index (κ1) is 15.8. The van der Waals surface area contributed by atoms with Gasteiger partial charge in [-0.2, -0.15) is 0 Å². The zero-order chi connectivity index (χ0) is 15.0. The van der Waals surface area contributed by atoms with Crippen LogP contribution in [0.3, 0.4) is 0 Å². The van der Waals surface area contributed by atoms with Crippen molar-refractivity contribution in [2.45, 2.75) is 20.3 Å². The molecule has 0 bridgehead atoms. The topological polar surface area (TPSA) is 82.0 Å². The lowest BCUT2D eigenvalue weighted by atomic mass is 9.98. The summed E-state index contributed by atoms with van der Waals surface area (Å²) in [6, 6.07) is 6.53. The third-order valence-electron chi connectivity index (χ3n) is 2.66. The molecule has 6 nitrogen and oxygen atoms in total. The van der Waals surface area contributed by atoms with Crippen molar-refractivity contribution in [1.82, 2.24) is 0 Å². The van der Waals surface area contributed by atoms with E-state index in [1.165, 1.54) is 6.07 Å². The van der Waals surface area contributed by atoms with E-state index in [1.807, 2.05) is 0 Å². The second-order valence-corrected chi connectivity index (χ2v) is 3.98. The Morgan fingerprint density at radius 3 is 2.15 bits per heavy atom. The molecule has 0 aliphatic heterocycles. The molecule has 0 aliphatic rings. The molecule has 0 unspecified atom stereocenters. The molecule has 0 saturated carbocycles. The monoisotopic (exact) mass is 279 g/mol. The molecular formula is C14H17NO5. The molecule has 0 atom stereocenters. The Bertz CT molecular complexity index is 468. The number of benzene rings is 1. The van der Waals surface area contributed by atoms with Gasteiger partial charge in [-0.15, -0.1) is 4.91 Å². The largest absolute Gasteiger partial charge is 0.465 e. The Labute approximate surface area is 117 Å². The summed E-state index contributed by atoms with van der Waals surface area (Å²) >= 11 is 0. The van der Waals surface area contributed by atoms with Crippen molar-refractivity contribution in [2.75, 3.05) is 13.2 Å². The molecule has 0 fully saturated rings. The molecule has 6 heteroatoms. The summed E-state index contributed by atoms with van der Waals surface area (Å²) in [5.41, 5.74) is 0.708. The molecule has 0 N–H and O–H groups in total. The van der Waals surface area contributed by atoms with Crippen molar-refractivity contribution in [2.24, 2.45) is 11.1 Å². The number of ether oxygens (including phenoxy) is 2. The third-order valence-corrected chi connectivity index (χ3v) is 2.66. The molecule has 0 aliphatic carbocycles. The summed E-state index contributed by atoms with van der Waals surface area (Å²) in [4.78, 5) is 34.4. The van der Waals surface area contributed by atoms with Gasteiger partial charge in [-0.25, -0.2) is 0 Å². The summed E-state index contributed by atoms with van der Waals surface area (Å²) < 4.78 is 9.74. The minimum Gasteiger partial charge on any atom is -0.465 e. The average Bonchev–Trinajstić information content (AvgIpc) is 2.45. The maximum Gasteiger partial charge on any atom is 0.320 e. The predicted octanol–water partition coefficient (Wildman–Crippen LogP) is 2.37. The van der Waals surface area contributed by atoms with Gasteiger partial charge < -0.3 is 9.47 Å². The number of nitrogens with zero attached hydrogens (tertiary/aromatic N) is 1. The van der Waals surface area contributed by atoms with E-state index in [0.29, 0.717) is 5.56 Å². The van der Waals surface area contributed by atoms with Crippen LogP contribution in [-0.2, 0) is 25.5 Å². The molecule has 1 rings (SSSR count). The Morgan fingerprint density at radius 2 is 1.65 bits per heavy atom. The maximum atomic E-state index is 11.8. The Kier molecular flexibility index (Phi) is 6.36. The Hall–Kier alpha value is -2.24. The molecule has 0 spiro atoms. The van der Waals surface area contributed by atoms with Gasteiger partial charge in [-0.05, 0) is 37.1 Å². The summed E-state index contributed by atoms with van der Waals surface area (Å²) in [7, 11) is 0. The number of hydrogen-bond donors (Lipinski definition) is 0. The van der Waals surface area contributed by atoms with Gasteiger partial charge in [-0.3, -0.25) is 9.59 Å². The average molecular weight is 279 g/mol. The fourth-order valence-electron chi connectivity index (χ4n) is 1.74. The maximum absolute atomic E-state index is 11.8. The van der Waals surface area contributed by atoms with Crippen LogP contribution in [0.15, 0.2) is 29.4 Å². The van der Waals surface area contributed by atoms with Gasteiger partial charge in [0.25, 0.3) is 0 Å². The number of carbonyl (C=O) groups is 2. The summed E-state index contributed by atoms with van der Waals surface area (Å²) in [6.07, 6.45) is 0.0274. The third kappa shape index (κ3) is 4.15.